The second kappa shape index (κ2) is 7.40. The lowest BCUT2D eigenvalue weighted by Gasteiger charge is -2.36. The molecular formula is C20H18ClF3N4O2. The lowest BCUT2D eigenvalue weighted by molar-refractivity contribution is -0.141. The van der Waals surface area contributed by atoms with Crippen LogP contribution >= 0.6 is 11.6 Å². The minimum Gasteiger partial charge on any atom is -0.356 e. The van der Waals surface area contributed by atoms with Crippen molar-refractivity contribution in [1.82, 2.24) is 15.0 Å². The Morgan fingerprint density at radius 3 is 2.77 bits per heavy atom. The fourth-order valence-electron chi connectivity index (χ4n) is 4.19. The first-order valence-electron chi connectivity index (χ1n) is 9.60. The number of benzene rings is 1. The predicted molar refractivity (Wildman–Crippen MR) is 104 cm³/mol. The smallest absolute Gasteiger partial charge is 0.356 e. The van der Waals surface area contributed by atoms with E-state index in [0.29, 0.717) is 37.6 Å². The Balaban J connectivity index is 1.58. The monoisotopic (exact) mass is 438 g/mol. The number of nitrogens with zero attached hydrogens (tertiary/aromatic N) is 3. The van der Waals surface area contributed by atoms with Crippen LogP contribution < -0.4 is 4.90 Å². The van der Waals surface area contributed by atoms with E-state index in [1.54, 1.807) is 11.0 Å². The van der Waals surface area contributed by atoms with Crippen LogP contribution in [0.1, 0.15) is 29.4 Å². The molecule has 1 N–H and O–H groups in total. The first-order valence-corrected chi connectivity index (χ1v) is 9.98. The minimum absolute atomic E-state index is 0.0372. The Kier molecular flexibility index (Phi) is 4.83. The maximum atomic E-state index is 13.2. The van der Waals surface area contributed by atoms with Gasteiger partial charge in [0.15, 0.2) is 6.29 Å². The van der Waals surface area contributed by atoms with Gasteiger partial charge in [-0.15, -0.1) is 0 Å². The normalized spacial score (nSPS) is 20.1. The molecule has 0 radical (unpaired) electrons. The lowest BCUT2D eigenvalue weighted by Crippen LogP contribution is -2.39. The fraction of sp³-hybridized carbons (Fsp3) is 0.400. The van der Waals surface area contributed by atoms with Crippen LogP contribution in [0, 0.1) is 0 Å². The van der Waals surface area contributed by atoms with Crippen LogP contribution in [-0.2, 0) is 22.1 Å². The summed E-state index contributed by atoms with van der Waals surface area (Å²) in [5, 5.41) is 1.65. The van der Waals surface area contributed by atoms with Crippen LogP contribution in [0.5, 0.6) is 0 Å². The summed E-state index contributed by atoms with van der Waals surface area (Å²) >= 11 is 6.19. The van der Waals surface area contributed by atoms with Crippen molar-refractivity contribution in [1.29, 1.82) is 0 Å². The molecule has 4 heterocycles. The van der Waals surface area contributed by atoms with Gasteiger partial charge in [-0.1, -0.05) is 11.6 Å². The third-order valence-corrected chi connectivity index (χ3v) is 5.75. The van der Waals surface area contributed by atoms with Gasteiger partial charge in [-0.2, -0.15) is 13.2 Å². The van der Waals surface area contributed by atoms with Crippen LogP contribution in [0.3, 0.4) is 0 Å². The number of rotatable bonds is 3. The SMILES string of the molecule is FC(F)(F)c1ccnc(N2CCc3c([nH]c4ccc(Cl)cc34)C2CC2OCCO2)n1. The van der Waals surface area contributed by atoms with Crippen molar-refractivity contribution in [2.45, 2.75) is 31.3 Å². The average molecular weight is 439 g/mol. The molecule has 6 nitrogen and oxygen atoms in total. The number of halogens is 4. The van der Waals surface area contributed by atoms with Crippen LogP contribution in [-0.4, -0.2) is 41.0 Å². The molecule has 0 aliphatic carbocycles. The summed E-state index contributed by atoms with van der Waals surface area (Å²) < 4.78 is 50.9. The third-order valence-electron chi connectivity index (χ3n) is 5.51. The van der Waals surface area contributed by atoms with Crippen LogP contribution in [0.2, 0.25) is 5.02 Å². The van der Waals surface area contributed by atoms with Crippen molar-refractivity contribution in [2.75, 3.05) is 24.7 Å². The zero-order chi connectivity index (χ0) is 20.9. The summed E-state index contributed by atoms with van der Waals surface area (Å²) in [5.41, 5.74) is 1.96. The summed E-state index contributed by atoms with van der Waals surface area (Å²) in [6.45, 7) is 1.45. The maximum Gasteiger partial charge on any atom is 0.433 e. The molecule has 30 heavy (non-hydrogen) atoms. The quantitative estimate of drug-likeness (QED) is 0.652. The molecule has 2 aliphatic rings. The average Bonchev–Trinajstić information content (AvgIpc) is 3.35. The van der Waals surface area contributed by atoms with Gasteiger partial charge in [0.25, 0.3) is 0 Å². The van der Waals surface area contributed by atoms with E-state index in [2.05, 4.69) is 15.0 Å². The topological polar surface area (TPSA) is 63.3 Å². The number of nitrogens with one attached hydrogen (secondary N) is 1. The van der Waals surface area contributed by atoms with E-state index in [1.807, 2.05) is 12.1 Å². The lowest BCUT2D eigenvalue weighted by atomic mass is 9.95. The molecule has 1 aromatic carbocycles. The van der Waals surface area contributed by atoms with Crippen LogP contribution in [0.25, 0.3) is 10.9 Å². The number of hydrogen-bond acceptors (Lipinski definition) is 5. The minimum atomic E-state index is -4.54. The van der Waals surface area contributed by atoms with Crippen LogP contribution in [0.4, 0.5) is 19.1 Å². The third kappa shape index (κ3) is 3.51. The molecule has 2 aliphatic heterocycles. The van der Waals surface area contributed by atoms with E-state index in [0.717, 1.165) is 34.4 Å². The van der Waals surface area contributed by atoms with Crippen molar-refractivity contribution in [3.05, 3.63) is 52.4 Å². The van der Waals surface area contributed by atoms with Crippen molar-refractivity contribution >= 4 is 28.5 Å². The van der Waals surface area contributed by atoms with Crippen LogP contribution in [0.15, 0.2) is 30.5 Å². The fourth-order valence-corrected chi connectivity index (χ4v) is 4.37. The number of aromatic amines is 1. The van der Waals surface area contributed by atoms with Gasteiger partial charge >= 0.3 is 6.18 Å². The molecule has 2 aromatic heterocycles. The summed E-state index contributed by atoms with van der Waals surface area (Å²) in [7, 11) is 0. The second-order valence-electron chi connectivity index (χ2n) is 7.31. The number of aromatic nitrogens is 3. The Morgan fingerprint density at radius 2 is 2.00 bits per heavy atom. The largest absolute Gasteiger partial charge is 0.433 e. The van der Waals surface area contributed by atoms with Crippen molar-refractivity contribution in [3.8, 4) is 0 Å². The summed E-state index contributed by atoms with van der Waals surface area (Å²) in [4.78, 5) is 13.2. The first-order chi connectivity index (χ1) is 14.4. The van der Waals surface area contributed by atoms with E-state index in [9.17, 15) is 13.2 Å². The van der Waals surface area contributed by atoms with E-state index in [1.165, 1.54) is 0 Å². The molecule has 1 unspecified atom stereocenters. The van der Waals surface area contributed by atoms with E-state index < -0.39 is 18.2 Å². The van der Waals surface area contributed by atoms with Gasteiger partial charge in [0, 0.05) is 40.8 Å². The molecule has 0 bridgehead atoms. The molecule has 0 amide bonds. The highest BCUT2D eigenvalue weighted by atomic mass is 35.5. The van der Waals surface area contributed by atoms with E-state index in [4.69, 9.17) is 21.1 Å². The van der Waals surface area contributed by atoms with Gasteiger partial charge < -0.3 is 19.4 Å². The second-order valence-corrected chi connectivity index (χ2v) is 7.75. The predicted octanol–water partition coefficient (Wildman–Crippen LogP) is 4.50. The number of ether oxygens (including phenoxy) is 2. The van der Waals surface area contributed by atoms with Crippen molar-refractivity contribution < 1.29 is 22.6 Å². The van der Waals surface area contributed by atoms with Gasteiger partial charge in [-0.05, 0) is 36.2 Å². The first kappa shape index (κ1) is 19.6. The van der Waals surface area contributed by atoms with Gasteiger partial charge in [0.1, 0.15) is 5.69 Å². The molecule has 1 saturated heterocycles. The van der Waals surface area contributed by atoms with Crippen molar-refractivity contribution in [2.24, 2.45) is 0 Å². The molecule has 1 fully saturated rings. The number of hydrogen-bond donors (Lipinski definition) is 1. The molecule has 10 heteroatoms. The molecular weight excluding hydrogens is 421 g/mol. The maximum absolute atomic E-state index is 13.2. The van der Waals surface area contributed by atoms with Crippen molar-refractivity contribution in [3.63, 3.8) is 0 Å². The Morgan fingerprint density at radius 1 is 1.20 bits per heavy atom. The highest BCUT2D eigenvalue weighted by molar-refractivity contribution is 6.31. The number of fused-ring (bicyclic) bond motifs is 3. The summed E-state index contributed by atoms with van der Waals surface area (Å²) in [6.07, 6.45) is -2.77. The molecule has 1 atom stereocenters. The van der Waals surface area contributed by atoms with Gasteiger partial charge in [0.2, 0.25) is 5.95 Å². The Labute approximate surface area is 175 Å². The number of alkyl halides is 3. The zero-order valence-corrected chi connectivity index (χ0v) is 16.5. The molecule has 158 valence electrons. The summed E-state index contributed by atoms with van der Waals surface area (Å²) in [6, 6.07) is 6.16. The standard InChI is InChI=1S/C20H18ClF3N4O2/c21-11-1-2-14-13(9-11)12-4-6-28(19-25-5-3-16(27-19)20(22,23)24)15(18(12)26-14)10-17-29-7-8-30-17/h1-3,5,9,15,17,26H,4,6-8,10H2. The zero-order valence-electron chi connectivity index (χ0n) is 15.7. The molecule has 5 rings (SSSR count). The van der Waals surface area contributed by atoms with Gasteiger partial charge in [-0.25, -0.2) is 9.97 Å². The highest BCUT2D eigenvalue weighted by Crippen LogP contribution is 2.40. The highest BCUT2D eigenvalue weighted by Gasteiger charge is 2.37. The molecule has 0 saturated carbocycles. The van der Waals surface area contributed by atoms with E-state index >= 15 is 0 Å². The Hall–Kier alpha value is -2.36. The summed E-state index contributed by atoms with van der Waals surface area (Å²) in [5.74, 6) is 0.0372. The van der Waals surface area contributed by atoms with Gasteiger partial charge in [0.05, 0.1) is 19.3 Å². The van der Waals surface area contributed by atoms with Gasteiger partial charge in [-0.3, -0.25) is 0 Å². The Bertz CT molecular complexity index is 1080. The number of H-pyrrole nitrogens is 1. The molecule has 0 spiro atoms. The number of anilines is 1. The molecule has 3 aromatic rings. The van der Waals surface area contributed by atoms with E-state index in [-0.39, 0.29) is 12.0 Å².